The summed E-state index contributed by atoms with van der Waals surface area (Å²) in [7, 11) is 5.14. The molecule has 2 aromatic rings. The molecule has 7 heteroatoms. The minimum absolute atomic E-state index is 0.634. The van der Waals surface area contributed by atoms with Gasteiger partial charge in [-0.1, -0.05) is 18.2 Å². The summed E-state index contributed by atoms with van der Waals surface area (Å²) >= 11 is 0. The predicted octanol–water partition coefficient (Wildman–Crippen LogP) is 2.02. The van der Waals surface area contributed by atoms with Gasteiger partial charge in [-0.2, -0.15) is 5.10 Å². The third-order valence-electron chi connectivity index (χ3n) is 4.33. The fourth-order valence-electron chi connectivity index (χ4n) is 2.81. The van der Waals surface area contributed by atoms with Gasteiger partial charge in [-0.25, -0.2) is 0 Å². The van der Waals surface area contributed by atoms with Gasteiger partial charge in [0.05, 0.1) is 26.0 Å². The highest BCUT2D eigenvalue weighted by Gasteiger charge is 2.12. The molecule has 0 spiro atoms. The van der Waals surface area contributed by atoms with Gasteiger partial charge in [0.15, 0.2) is 5.96 Å². The van der Waals surface area contributed by atoms with E-state index in [4.69, 9.17) is 9.47 Å². The Balaban J connectivity index is 1.96. The Kier molecular flexibility index (Phi) is 7.47. The summed E-state index contributed by atoms with van der Waals surface area (Å²) in [5.74, 6) is 1.60. The van der Waals surface area contributed by atoms with Crippen molar-refractivity contribution in [1.29, 1.82) is 0 Å². The van der Waals surface area contributed by atoms with Gasteiger partial charge in [0.1, 0.15) is 5.75 Å². The molecule has 2 rings (SSSR count). The fraction of sp³-hybridized carbons (Fsp3) is 0.474. The SMILES string of the molecule is CN=C(NCc1ccccc1OC)NCc1c(C)nn(CCOC)c1C. The number of para-hydroxylation sites is 1. The maximum Gasteiger partial charge on any atom is 0.191 e. The van der Waals surface area contributed by atoms with Crippen molar-refractivity contribution >= 4 is 5.96 Å². The van der Waals surface area contributed by atoms with Crippen molar-refractivity contribution in [2.45, 2.75) is 33.5 Å². The second-order valence-electron chi connectivity index (χ2n) is 5.96. The number of hydrogen-bond donors (Lipinski definition) is 2. The number of hydrogen-bond acceptors (Lipinski definition) is 4. The number of aliphatic imine (C=N–C) groups is 1. The molecule has 2 N–H and O–H groups in total. The molecule has 0 saturated heterocycles. The van der Waals surface area contributed by atoms with Crippen molar-refractivity contribution in [1.82, 2.24) is 20.4 Å². The number of methoxy groups -OCH3 is 2. The highest BCUT2D eigenvalue weighted by atomic mass is 16.5. The molecule has 0 atom stereocenters. The first kappa shape index (κ1) is 19.8. The quantitative estimate of drug-likeness (QED) is 0.557. The van der Waals surface area contributed by atoms with Gasteiger partial charge >= 0.3 is 0 Å². The Morgan fingerprint density at radius 1 is 1.15 bits per heavy atom. The van der Waals surface area contributed by atoms with Gasteiger partial charge in [0.25, 0.3) is 0 Å². The van der Waals surface area contributed by atoms with Crippen LogP contribution in [-0.2, 0) is 24.4 Å². The highest BCUT2D eigenvalue weighted by Crippen LogP contribution is 2.16. The van der Waals surface area contributed by atoms with Crippen LogP contribution >= 0.6 is 0 Å². The second kappa shape index (κ2) is 9.82. The molecule has 0 aliphatic rings. The lowest BCUT2D eigenvalue weighted by Gasteiger charge is -2.14. The molecule has 0 saturated carbocycles. The molecule has 0 fully saturated rings. The van der Waals surface area contributed by atoms with Crippen LogP contribution in [0.1, 0.15) is 22.5 Å². The van der Waals surface area contributed by atoms with E-state index < -0.39 is 0 Å². The lowest BCUT2D eigenvalue weighted by Crippen LogP contribution is -2.36. The van der Waals surface area contributed by atoms with Gasteiger partial charge in [0.2, 0.25) is 0 Å². The Morgan fingerprint density at radius 2 is 1.88 bits per heavy atom. The van der Waals surface area contributed by atoms with Crippen molar-refractivity contribution in [2.75, 3.05) is 27.9 Å². The molecule has 1 aromatic carbocycles. The van der Waals surface area contributed by atoms with E-state index in [1.54, 1.807) is 21.3 Å². The first-order chi connectivity index (χ1) is 12.6. The third-order valence-corrected chi connectivity index (χ3v) is 4.33. The van der Waals surface area contributed by atoms with Crippen molar-refractivity contribution in [3.05, 3.63) is 46.8 Å². The summed E-state index contributed by atoms with van der Waals surface area (Å²) in [6.07, 6.45) is 0. The van der Waals surface area contributed by atoms with E-state index in [9.17, 15) is 0 Å². The zero-order valence-corrected chi connectivity index (χ0v) is 16.3. The van der Waals surface area contributed by atoms with Crippen molar-refractivity contribution in [3.63, 3.8) is 0 Å². The van der Waals surface area contributed by atoms with E-state index in [0.717, 1.165) is 35.2 Å². The number of aromatic nitrogens is 2. The number of aryl methyl sites for hydroxylation is 1. The molecule has 1 aromatic heterocycles. The Hall–Kier alpha value is -2.54. The van der Waals surface area contributed by atoms with Crippen molar-refractivity contribution < 1.29 is 9.47 Å². The first-order valence-corrected chi connectivity index (χ1v) is 8.69. The standard InChI is InChI=1S/C19H29N5O2/c1-14-17(15(2)24(23-14)10-11-25-4)13-22-19(20-3)21-12-16-8-6-7-9-18(16)26-5/h6-9H,10-13H2,1-5H3,(H2,20,21,22). The average molecular weight is 359 g/mol. The number of ether oxygens (including phenoxy) is 2. The fourth-order valence-corrected chi connectivity index (χ4v) is 2.81. The second-order valence-corrected chi connectivity index (χ2v) is 5.96. The molecule has 142 valence electrons. The molecule has 26 heavy (non-hydrogen) atoms. The maximum absolute atomic E-state index is 5.39. The number of nitrogens with one attached hydrogen (secondary N) is 2. The minimum atomic E-state index is 0.634. The van der Waals surface area contributed by atoms with Gasteiger partial charge < -0.3 is 20.1 Å². The first-order valence-electron chi connectivity index (χ1n) is 8.69. The molecule has 0 unspecified atom stereocenters. The van der Waals surface area contributed by atoms with Crippen LogP contribution in [0.5, 0.6) is 5.75 Å². The van der Waals surface area contributed by atoms with Crippen LogP contribution in [-0.4, -0.2) is 43.6 Å². The summed E-state index contributed by atoms with van der Waals surface area (Å²) < 4.78 is 12.5. The number of rotatable bonds is 8. The highest BCUT2D eigenvalue weighted by molar-refractivity contribution is 5.79. The number of nitrogens with zero attached hydrogens (tertiary/aromatic N) is 3. The van der Waals surface area contributed by atoms with Crippen LogP contribution < -0.4 is 15.4 Å². The smallest absolute Gasteiger partial charge is 0.191 e. The summed E-state index contributed by atoms with van der Waals surface area (Å²) in [6, 6.07) is 7.95. The Bertz CT molecular complexity index is 740. The van der Waals surface area contributed by atoms with Gasteiger partial charge in [-0.15, -0.1) is 0 Å². The van der Waals surface area contributed by atoms with Crippen LogP contribution in [0.25, 0.3) is 0 Å². The Labute approximate surface area is 155 Å². The molecular weight excluding hydrogens is 330 g/mol. The van der Waals surface area contributed by atoms with E-state index >= 15 is 0 Å². The van der Waals surface area contributed by atoms with Gasteiger partial charge in [-0.3, -0.25) is 9.67 Å². The van der Waals surface area contributed by atoms with Crippen LogP contribution in [0.3, 0.4) is 0 Å². The zero-order chi connectivity index (χ0) is 18.9. The van der Waals surface area contributed by atoms with Crippen molar-refractivity contribution in [2.24, 2.45) is 4.99 Å². The molecule has 7 nitrogen and oxygen atoms in total. The Morgan fingerprint density at radius 3 is 2.58 bits per heavy atom. The zero-order valence-electron chi connectivity index (χ0n) is 16.3. The molecule has 0 aliphatic heterocycles. The summed E-state index contributed by atoms with van der Waals surface area (Å²) in [5.41, 5.74) is 4.43. The van der Waals surface area contributed by atoms with E-state index in [2.05, 4.69) is 27.6 Å². The average Bonchev–Trinajstić information content (AvgIpc) is 2.93. The number of benzene rings is 1. The molecule has 0 bridgehead atoms. The third kappa shape index (κ3) is 4.98. The van der Waals surface area contributed by atoms with Crippen LogP contribution in [0, 0.1) is 13.8 Å². The minimum Gasteiger partial charge on any atom is -0.496 e. The predicted molar refractivity (Wildman–Crippen MR) is 104 cm³/mol. The van der Waals surface area contributed by atoms with E-state index in [-0.39, 0.29) is 0 Å². The van der Waals surface area contributed by atoms with E-state index in [1.807, 2.05) is 35.9 Å². The summed E-state index contributed by atoms with van der Waals surface area (Å²) in [4.78, 5) is 4.30. The molecule has 0 radical (unpaired) electrons. The number of guanidine groups is 1. The lowest BCUT2D eigenvalue weighted by atomic mass is 10.2. The lowest BCUT2D eigenvalue weighted by molar-refractivity contribution is 0.182. The molecule has 1 heterocycles. The van der Waals surface area contributed by atoms with Crippen LogP contribution in [0.15, 0.2) is 29.3 Å². The normalized spacial score (nSPS) is 11.5. The van der Waals surface area contributed by atoms with E-state index in [0.29, 0.717) is 19.7 Å². The summed E-state index contributed by atoms with van der Waals surface area (Å²) in [6.45, 7) is 6.81. The van der Waals surface area contributed by atoms with E-state index in [1.165, 1.54) is 5.56 Å². The van der Waals surface area contributed by atoms with Crippen LogP contribution in [0.4, 0.5) is 0 Å². The largest absolute Gasteiger partial charge is 0.496 e. The molecule has 0 amide bonds. The topological polar surface area (TPSA) is 72.7 Å². The maximum atomic E-state index is 5.39. The van der Waals surface area contributed by atoms with Gasteiger partial charge in [-0.05, 0) is 19.9 Å². The van der Waals surface area contributed by atoms with Crippen LogP contribution in [0.2, 0.25) is 0 Å². The van der Waals surface area contributed by atoms with Crippen molar-refractivity contribution in [3.8, 4) is 5.75 Å². The molecule has 0 aliphatic carbocycles. The monoisotopic (exact) mass is 359 g/mol. The molecular formula is C19H29N5O2. The summed E-state index contributed by atoms with van der Waals surface area (Å²) in [5, 5.41) is 11.3. The van der Waals surface area contributed by atoms with Gasteiger partial charge in [0, 0.05) is 44.1 Å².